The number of ether oxygens (including phenoxy) is 1. The molecule has 0 bridgehead atoms. The second kappa shape index (κ2) is 5.58. The van der Waals surface area contributed by atoms with Crippen molar-refractivity contribution in [2.75, 3.05) is 6.61 Å². The number of nitrogens with zero attached hydrogens (tertiary/aromatic N) is 2. The maximum absolute atomic E-state index is 11.4. The topological polar surface area (TPSA) is 43.6 Å². The molecule has 0 saturated carbocycles. The van der Waals surface area contributed by atoms with Crippen LogP contribution in [-0.2, 0) is 0 Å². The van der Waals surface area contributed by atoms with Gasteiger partial charge in [0.05, 0.1) is 11.6 Å². The SMILES string of the molecule is CCOc1ccc(-c2nc3ccc(Cl)cn3c2C=O)cc1. The van der Waals surface area contributed by atoms with Crippen molar-refractivity contribution < 1.29 is 9.53 Å². The minimum atomic E-state index is 0.483. The van der Waals surface area contributed by atoms with E-state index in [1.165, 1.54) is 0 Å². The number of aldehydes is 1. The van der Waals surface area contributed by atoms with Gasteiger partial charge in [0, 0.05) is 11.8 Å². The Morgan fingerprint density at radius 1 is 1.24 bits per heavy atom. The summed E-state index contributed by atoms with van der Waals surface area (Å²) in [6.45, 7) is 2.55. The quantitative estimate of drug-likeness (QED) is 0.687. The first kappa shape index (κ1) is 13.6. The highest BCUT2D eigenvalue weighted by Gasteiger charge is 2.13. The summed E-state index contributed by atoms with van der Waals surface area (Å²) in [6.07, 6.45) is 2.48. The van der Waals surface area contributed by atoms with Crippen molar-refractivity contribution in [3.05, 3.63) is 53.3 Å². The Bertz CT molecular complexity index is 794. The van der Waals surface area contributed by atoms with Crippen molar-refractivity contribution in [3.8, 4) is 17.0 Å². The molecule has 21 heavy (non-hydrogen) atoms. The van der Waals surface area contributed by atoms with Gasteiger partial charge in [-0.2, -0.15) is 0 Å². The summed E-state index contributed by atoms with van der Waals surface area (Å²) in [4.78, 5) is 15.9. The lowest BCUT2D eigenvalue weighted by molar-refractivity contribution is 0.111. The Labute approximate surface area is 126 Å². The molecule has 0 N–H and O–H groups in total. The highest BCUT2D eigenvalue weighted by atomic mass is 35.5. The van der Waals surface area contributed by atoms with Crippen LogP contribution in [0.15, 0.2) is 42.6 Å². The summed E-state index contributed by atoms with van der Waals surface area (Å²) < 4.78 is 7.11. The Morgan fingerprint density at radius 3 is 2.67 bits per heavy atom. The van der Waals surface area contributed by atoms with Gasteiger partial charge < -0.3 is 4.74 Å². The molecule has 2 heterocycles. The normalized spacial score (nSPS) is 10.8. The van der Waals surface area contributed by atoms with Gasteiger partial charge in [0.2, 0.25) is 0 Å². The molecule has 0 amide bonds. The molecule has 1 aromatic carbocycles. The van der Waals surface area contributed by atoms with E-state index >= 15 is 0 Å². The molecule has 0 fully saturated rings. The molecule has 0 atom stereocenters. The van der Waals surface area contributed by atoms with Crippen LogP contribution in [0.25, 0.3) is 16.9 Å². The second-order valence-corrected chi connectivity index (χ2v) is 4.93. The number of carbonyl (C=O) groups is 1. The smallest absolute Gasteiger partial charge is 0.169 e. The Balaban J connectivity index is 2.13. The third-order valence-corrected chi connectivity index (χ3v) is 3.39. The number of carbonyl (C=O) groups excluding carboxylic acids is 1. The van der Waals surface area contributed by atoms with E-state index in [9.17, 15) is 4.79 Å². The molecule has 5 heteroatoms. The average molecular weight is 301 g/mol. The maximum atomic E-state index is 11.4. The fraction of sp³-hybridized carbons (Fsp3) is 0.125. The van der Waals surface area contributed by atoms with Crippen LogP contribution in [0.1, 0.15) is 17.4 Å². The van der Waals surface area contributed by atoms with E-state index in [1.54, 1.807) is 22.7 Å². The zero-order valence-electron chi connectivity index (χ0n) is 11.4. The number of benzene rings is 1. The number of fused-ring (bicyclic) bond motifs is 1. The molecule has 0 radical (unpaired) electrons. The van der Waals surface area contributed by atoms with Gasteiger partial charge in [-0.15, -0.1) is 0 Å². The number of imidazole rings is 1. The van der Waals surface area contributed by atoms with E-state index in [0.717, 1.165) is 17.6 Å². The predicted molar refractivity (Wildman–Crippen MR) is 82.2 cm³/mol. The monoisotopic (exact) mass is 300 g/mol. The lowest BCUT2D eigenvalue weighted by Gasteiger charge is -2.03. The molecular formula is C16H13ClN2O2. The van der Waals surface area contributed by atoms with Gasteiger partial charge in [-0.3, -0.25) is 9.20 Å². The zero-order chi connectivity index (χ0) is 14.8. The second-order valence-electron chi connectivity index (χ2n) is 4.50. The Kier molecular flexibility index (Phi) is 3.62. The van der Waals surface area contributed by atoms with Crippen LogP contribution in [0.3, 0.4) is 0 Å². The van der Waals surface area contributed by atoms with E-state index in [4.69, 9.17) is 16.3 Å². The van der Waals surface area contributed by atoms with Gasteiger partial charge in [-0.1, -0.05) is 11.6 Å². The van der Waals surface area contributed by atoms with E-state index in [0.29, 0.717) is 28.7 Å². The third kappa shape index (κ3) is 2.50. The number of pyridine rings is 1. The fourth-order valence-electron chi connectivity index (χ4n) is 2.24. The molecule has 2 aromatic heterocycles. The first-order chi connectivity index (χ1) is 10.2. The van der Waals surface area contributed by atoms with Crippen molar-refractivity contribution >= 4 is 23.5 Å². The number of rotatable bonds is 4. The molecule has 0 aliphatic rings. The first-order valence-corrected chi connectivity index (χ1v) is 6.96. The van der Waals surface area contributed by atoms with Crippen LogP contribution in [0.5, 0.6) is 5.75 Å². The first-order valence-electron chi connectivity index (χ1n) is 6.59. The maximum Gasteiger partial charge on any atom is 0.169 e. The molecule has 0 spiro atoms. The molecule has 0 aliphatic heterocycles. The number of hydrogen-bond acceptors (Lipinski definition) is 3. The largest absolute Gasteiger partial charge is 0.494 e. The van der Waals surface area contributed by atoms with Crippen LogP contribution in [0.2, 0.25) is 5.02 Å². The molecule has 106 valence electrons. The van der Waals surface area contributed by atoms with Crippen LogP contribution in [0.4, 0.5) is 0 Å². The van der Waals surface area contributed by atoms with E-state index in [-0.39, 0.29) is 0 Å². The molecule has 0 saturated heterocycles. The van der Waals surface area contributed by atoms with Crippen molar-refractivity contribution in [1.82, 2.24) is 9.38 Å². The molecule has 3 aromatic rings. The minimum Gasteiger partial charge on any atom is -0.494 e. The molecular weight excluding hydrogens is 288 g/mol. The van der Waals surface area contributed by atoms with Gasteiger partial charge in [0.1, 0.15) is 22.8 Å². The number of hydrogen-bond donors (Lipinski definition) is 0. The number of aromatic nitrogens is 2. The zero-order valence-corrected chi connectivity index (χ0v) is 12.2. The third-order valence-electron chi connectivity index (χ3n) is 3.17. The van der Waals surface area contributed by atoms with Crippen molar-refractivity contribution in [1.29, 1.82) is 0 Å². The lowest BCUT2D eigenvalue weighted by atomic mass is 10.1. The highest BCUT2D eigenvalue weighted by Crippen LogP contribution is 2.26. The van der Waals surface area contributed by atoms with Gasteiger partial charge in [-0.25, -0.2) is 4.98 Å². The molecule has 3 rings (SSSR count). The van der Waals surface area contributed by atoms with E-state index in [2.05, 4.69) is 4.98 Å². The summed E-state index contributed by atoms with van der Waals surface area (Å²) in [6, 6.07) is 11.0. The van der Waals surface area contributed by atoms with E-state index < -0.39 is 0 Å². The van der Waals surface area contributed by atoms with Gasteiger partial charge in [0.25, 0.3) is 0 Å². The average Bonchev–Trinajstić information content (AvgIpc) is 2.86. The highest BCUT2D eigenvalue weighted by molar-refractivity contribution is 6.30. The molecule has 4 nitrogen and oxygen atoms in total. The fourth-order valence-corrected chi connectivity index (χ4v) is 2.40. The standard InChI is InChI=1S/C16H13ClN2O2/c1-2-21-13-6-3-11(4-7-13)16-14(10-20)19-9-12(17)5-8-15(19)18-16/h3-10H,2H2,1H3. The van der Waals surface area contributed by atoms with Crippen molar-refractivity contribution in [2.24, 2.45) is 0 Å². The summed E-state index contributed by atoms with van der Waals surface area (Å²) in [5, 5.41) is 0.557. The van der Waals surface area contributed by atoms with Crippen LogP contribution in [0, 0.1) is 0 Å². The van der Waals surface area contributed by atoms with Crippen molar-refractivity contribution in [2.45, 2.75) is 6.92 Å². The summed E-state index contributed by atoms with van der Waals surface area (Å²) in [5.41, 5.74) is 2.66. The minimum absolute atomic E-state index is 0.483. The van der Waals surface area contributed by atoms with E-state index in [1.807, 2.05) is 31.2 Å². The lowest BCUT2D eigenvalue weighted by Crippen LogP contribution is -1.93. The van der Waals surface area contributed by atoms with Gasteiger partial charge in [0.15, 0.2) is 6.29 Å². The number of halogens is 1. The Morgan fingerprint density at radius 2 is 2.00 bits per heavy atom. The van der Waals surface area contributed by atoms with Gasteiger partial charge in [-0.05, 0) is 43.3 Å². The van der Waals surface area contributed by atoms with Crippen molar-refractivity contribution in [3.63, 3.8) is 0 Å². The summed E-state index contributed by atoms with van der Waals surface area (Å²) in [7, 11) is 0. The molecule has 0 unspecified atom stereocenters. The van der Waals surface area contributed by atoms with Gasteiger partial charge >= 0.3 is 0 Å². The summed E-state index contributed by atoms with van der Waals surface area (Å²) >= 11 is 5.98. The molecule has 0 aliphatic carbocycles. The predicted octanol–water partition coefficient (Wildman–Crippen LogP) is 3.87. The van der Waals surface area contributed by atoms with Crippen LogP contribution < -0.4 is 4.74 Å². The summed E-state index contributed by atoms with van der Waals surface area (Å²) in [5.74, 6) is 0.792. The van der Waals surface area contributed by atoms with Crippen LogP contribution in [-0.4, -0.2) is 22.3 Å². The Hall–Kier alpha value is -2.33. The van der Waals surface area contributed by atoms with Crippen LogP contribution >= 0.6 is 11.6 Å².